The number of nitrogens with zero attached hydrogens (tertiary/aromatic N) is 4. The molecule has 0 radical (unpaired) electrons. The molecule has 4 heterocycles. The van der Waals surface area contributed by atoms with Crippen LogP contribution < -0.4 is 5.32 Å². The number of fused-ring (bicyclic) bond motifs is 4. The van der Waals surface area contributed by atoms with E-state index in [2.05, 4.69) is 25.3 Å². The van der Waals surface area contributed by atoms with Crippen LogP contribution in [0.15, 0.2) is 4.52 Å². The maximum atomic E-state index is 12.7. The van der Waals surface area contributed by atoms with E-state index in [-0.39, 0.29) is 24.4 Å². The average Bonchev–Trinajstić information content (AvgIpc) is 3.10. The Hall–Kier alpha value is -1.68. The van der Waals surface area contributed by atoms with Gasteiger partial charge in [-0.2, -0.15) is 18.2 Å². The van der Waals surface area contributed by atoms with Crippen molar-refractivity contribution in [2.24, 2.45) is 11.8 Å². The van der Waals surface area contributed by atoms with Crippen LogP contribution in [0.5, 0.6) is 0 Å². The predicted molar refractivity (Wildman–Crippen MR) is 93.0 cm³/mol. The summed E-state index contributed by atoms with van der Waals surface area (Å²) in [5, 5.41) is 6.03. The second-order valence-corrected chi connectivity index (χ2v) is 8.26. The number of halogens is 3. The van der Waals surface area contributed by atoms with Crippen molar-refractivity contribution < 1.29 is 22.5 Å². The lowest BCUT2D eigenvalue weighted by Gasteiger charge is -2.56. The van der Waals surface area contributed by atoms with Gasteiger partial charge in [-0.1, -0.05) is 11.6 Å². The minimum atomic E-state index is -4.59. The highest BCUT2D eigenvalue weighted by Gasteiger charge is 2.47. The highest BCUT2D eigenvalue weighted by Crippen LogP contribution is 2.41. The summed E-state index contributed by atoms with van der Waals surface area (Å²) in [4.78, 5) is 19.7. The zero-order valence-corrected chi connectivity index (χ0v) is 15.9. The molecule has 28 heavy (non-hydrogen) atoms. The fraction of sp³-hybridized carbons (Fsp3) is 0.833. The van der Waals surface area contributed by atoms with E-state index in [0.717, 1.165) is 32.5 Å². The minimum absolute atomic E-state index is 0.00575. The molecule has 4 atom stereocenters. The Morgan fingerprint density at radius 3 is 2.79 bits per heavy atom. The van der Waals surface area contributed by atoms with Gasteiger partial charge >= 0.3 is 6.18 Å². The van der Waals surface area contributed by atoms with Crippen LogP contribution in [-0.2, 0) is 17.5 Å². The molecule has 0 spiro atoms. The van der Waals surface area contributed by atoms with Crippen molar-refractivity contribution in [3.63, 3.8) is 0 Å². The van der Waals surface area contributed by atoms with Crippen molar-refractivity contribution in [2.45, 2.75) is 57.4 Å². The Kier molecular flexibility index (Phi) is 5.34. The molecule has 10 heteroatoms. The Labute approximate surface area is 161 Å². The molecule has 3 aliphatic rings. The molecule has 3 fully saturated rings. The van der Waals surface area contributed by atoms with E-state index in [1.165, 1.54) is 19.8 Å². The average molecular weight is 401 g/mol. The molecule has 1 aromatic heterocycles. The summed E-state index contributed by atoms with van der Waals surface area (Å²) in [5.74, 6) is -0.399. The number of hydrogen-bond donors (Lipinski definition) is 1. The Morgan fingerprint density at radius 2 is 2.07 bits per heavy atom. The fourth-order valence-electron chi connectivity index (χ4n) is 5.29. The van der Waals surface area contributed by atoms with Crippen molar-refractivity contribution in [1.29, 1.82) is 0 Å². The Balaban J connectivity index is 1.48. The Morgan fingerprint density at radius 1 is 1.29 bits per heavy atom. The molecule has 1 amide bonds. The molecule has 0 saturated carbocycles. The summed E-state index contributed by atoms with van der Waals surface area (Å²) in [6, 6.07) is 0.738. The van der Waals surface area contributed by atoms with Crippen LogP contribution in [0.25, 0.3) is 0 Å². The number of aromatic nitrogens is 2. The summed E-state index contributed by atoms with van der Waals surface area (Å²) in [6.07, 6.45) is 0.0264. The van der Waals surface area contributed by atoms with Crippen LogP contribution in [0.4, 0.5) is 13.2 Å². The van der Waals surface area contributed by atoms with Gasteiger partial charge in [-0.3, -0.25) is 14.6 Å². The topological polar surface area (TPSA) is 74.5 Å². The van der Waals surface area contributed by atoms with Gasteiger partial charge in [0.1, 0.15) is 0 Å². The maximum Gasteiger partial charge on any atom is 0.455 e. The lowest BCUT2D eigenvalue weighted by molar-refractivity contribution is -0.146. The second kappa shape index (κ2) is 7.62. The summed E-state index contributed by atoms with van der Waals surface area (Å²) < 4.78 is 43.0. The molecule has 0 unspecified atom stereocenters. The molecule has 2 bridgehead atoms. The lowest BCUT2D eigenvalue weighted by Crippen LogP contribution is -2.65. The van der Waals surface area contributed by atoms with Crippen molar-refractivity contribution in [2.75, 3.05) is 26.2 Å². The summed E-state index contributed by atoms with van der Waals surface area (Å²) in [6.45, 7) is 5.02. The highest BCUT2D eigenvalue weighted by atomic mass is 19.4. The number of carbonyl (C=O) groups is 1. The van der Waals surface area contributed by atoms with Crippen molar-refractivity contribution in [1.82, 2.24) is 25.3 Å². The number of amides is 1. The summed E-state index contributed by atoms with van der Waals surface area (Å²) >= 11 is 0. The first-order valence-corrected chi connectivity index (χ1v) is 9.93. The highest BCUT2D eigenvalue weighted by molar-refractivity contribution is 5.72. The standard InChI is InChI=1S/C18H26F3N5O2/c1-11(27)22-7-15-13-6-12(14-4-2-3-5-26(14)15)8-25(9-13)10-16-23-17(24-28-16)18(19,20)21/h12-15H,2-10H2,1H3,(H,22,27)/t12-,13+,14+,15+/m1/s1. The van der Waals surface area contributed by atoms with Crippen LogP contribution in [0, 0.1) is 11.8 Å². The van der Waals surface area contributed by atoms with Crippen LogP contribution in [0.1, 0.15) is 44.3 Å². The van der Waals surface area contributed by atoms with Gasteiger partial charge in [-0.05, 0) is 37.6 Å². The number of likely N-dealkylation sites (tertiary alicyclic amines) is 1. The van der Waals surface area contributed by atoms with E-state index in [0.29, 0.717) is 24.4 Å². The van der Waals surface area contributed by atoms with E-state index >= 15 is 0 Å². The molecule has 7 nitrogen and oxygen atoms in total. The number of rotatable bonds is 4. The molecule has 3 aliphatic heterocycles. The number of hydrogen-bond acceptors (Lipinski definition) is 6. The van der Waals surface area contributed by atoms with E-state index in [4.69, 9.17) is 4.52 Å². The molecule has 3 saturated heterocycles. The Bertz CT molecular complexity index is 710. The van der Waals surface area contributed by atoms with Gasteiger partial charge in [0, 0.05) is 38.6 Å². The monoisotopic (exact) mass is 401 g/mol. The van der Waals surface area contributed by atoms with E-state index < -0.39 is 12.0 Å². The lowest BCUT2D eigenvalue weighted by atomic mass is 9.72. The van der Waals surface area contributed by atoms with Gasteiger partial charge in [0.2, 0.25) is 11.8 Å². The van der Waals surface area contributed by atoms with E-state index in [1.807, 2.05) is 0 Å². The molecule has 1 aromatic rings. The molecular formula is C18H26F3N5O2. The smallest absolute Gasteiger partial charge is 0.355 e. The third kappa shape index (κ3) is 4.03. The molecule has 1 N–H and O–H groups in total. The van der Waals surface area contributed by atoms with E-state index in [9.17, 15) is 18.0 Å². The maximum absolute atomic E-state index is 12.7. The summed E-state index contributed by atoms with van der Waals surface area (Å²) in [7, 11) is 0. The molecule has 4 rings (SSSR count). The van der Waals surface area contributed by atoms with E-state index in [1.54, 1.807) is 0 Å². The largest absolute Gasteiger partial charge is 0.455 e. The SMILES string of the molecule is CC(=O)NC[C@H]1[C@H]2C[C@H](CN(Cc3nc(C(F)(F)F)no3)C2)[C@@H]2CCCCN21. The van der Waals surface area contributed by atoms with Gasteiger partial charge in [0.05, 0.1) is 6.54 Å². The quantitative estimate of drug-likeness (QED) is 0.831. The van der Waals surface area contributed by atoms with Gasteiger partial charge in [0.25, 0.3) is 5.82 Å². The van der Waals surface area contributed by atoms with Gasteiger partial charge in [-0.15, -0.1) is 0 Å². The predicted octanol–water partition coefficient (Wildman–Crippen LogP) is 1.90. The molecular weight excluding hydrogens is 375 g/mol. The molecule has 0 aliphatic carbocycles. The van der Waals surface area contributed by atoms with Crippen molar-refractivity contribution in [3.05, 3.63) is 11.7 Å². The molecule has 0 aromatic carbocycles. The third-order valence-corrected chi connectivity index (χ3v) is 6.34. The van der Waals surface area contributed by atoms with Crippen molar-refractivity contribution >= 4 is 5.91 Å². The third-order valence-electron chi connectivity index (χ3n) is 6.34. The first kappa shape index (κ1) is 19.6. The fourth-order valence-corrected chi connectivity index (χ4v) is 5.29. The van der Waals surface area contributed by atoms with Crippen LogP contribution in [-0.4, -0.2) is 64.1 Å². The van der Waals surface area contributed by atoms with Crippen LogP contribution in [0.2, 0.25) is 0 Å². The number of carbonyl (C=O) groups excluding carboxylic acids is 1. The van der Waals surface area contributed by atoms with Crippen LogP contribution in [0.3, 0.4) is 0 Å². The first-order valence-electron chi connectivity index (χ1n) is 9.93. The number of alkyl halides is 3. The number of nitrogens with one attached hydrogen (secondary N) is 1. The minimum Gasteiger partial charge on any atom is -0.355 e. The van der Waals surface area contributed by atoms with Gasteiger partial charge in [-0.25, -0.2) is 0 Å². The van der Waals surface area contributed by atoms with Crippen LogP contribution >= 0.6 is 0 Å². The second-order valence-electron chi connectivity index (χ2n) is 8.26. The molecule has 156 valence electrons. The van der Waals surface area contributed by atoms with Gasteiger partial charge < -0.3 is 9.84 Å². The first-order chi connectivity index (χ1) is 13.3. The zero-order chi connectivity index (χ0) is 19.9. The normalized spacial score (nSPS) is 31.4. The zero-order valence-electron chi connectivity index (χ0n) is 15.9. The van der Waals surface area contributed by atoms with Crippen molar-refractivity contribution in [3.8, 4) is 0 Å². The summed E-state index contributed by atoms with van der Waals surface area (Å²) in [5.41, 5.74) is 0. The number of piperidine rings is 3. The van der Waals surface area contributed by atoms with Gasteiger partial charge in [0.15, 0.2) is 0 Å².